The second kappa shape index (κ2) is 13.1. The Kier molecular flexibility index (Phi) is 9.50. The molecule has 17 heteroatoms. The second-order valence-corrected chi connectivity index (χ2v) is 11.8. The summed E-state index contributed by atoms with van der Waals surface area (Å²) in [5.74, 6) is -0.462. The van der Waals surface area contributed by atoms with E-state index in [1.165, 1.54) is 31.6 Å². The highest BCUT2D eigenvalue weighted by atomic mass is 32.1. The standard InChI is InChI=1S/C25H31B3N8O5S/c1-12(37)29-8-9-30-22(39)17-11-31-24(42-17)14-4-3-5-15(20(14)41-2)32-16-10-18(33-21(38)13-6-7-13)35-36-19(16)23(40)34-25(26,27)28/h3-5,10-11,13H,6-9,26-28H2,1-2H3,(H,29,37)(H,30,39)(H,34,40)(H2,32,33,35,38). The van der Waals surface area contributed by atoms with Crippen LogP contribution >= 0.6 is 11.3 Å². The van der Waals surface area contributed by atoms with Gasteiger partial charge >= 0.3 is 0 Å². The van der Waals surface area contributed by atoms with Crippen molar-refractivity contribution in [3.05, 3.63) is 41.0 Å². The summed E-state index contributed by atoms with van der Waals surface area (Å²) in [5, 5.41) is 22.5. The van der Waals surface area contributed by atoms with Gasteiger partial charge in [0.25, 0.3) is 11.8 Å². The molecule has 0 unspecified atom stereocenters. The van der Waals surface area contributed by atoms with Crippen molar-refractivity contribution in [2.24, 2.45) is 5.92 Å². The summed E-state index contributed by atoms with van der Waals surface area (Å²) < 4.78 is 5.75. The van der Waals surface area contributed by atoms with Crippen LogP contribution in [0.4, 0.5) is 17.2 Å². The molecule has 5 N–H and O–H groups in total. The topological polar surface area (TPSA) is 176 Å². The SMILES string of the molecule is BC(B)(B)NC(=O)c1nnc(NC(=O)C2CC2)cc1Nc1cccc(-c2ncc(C(=O)NCCNC(C)=O)s2)c1OC. The molecule has 2 heterocycles. The number of aromatic nitrogens is 3. The number of benzene rings is 1. The second-order valence-electron chi connectivity index (χ2n) is 10.7. The molecule has 2 aromatic heterocycles. The molecule has 42 heavy (non-hydrogen) atoms. The first-order chi connectivity index (χ1) is 19.9. The van der Waals surface area contributed by atoms with E-state index in [-0.39, 0.29) is 41.7 Å². The van der Waals surface area contributed by atoms with Crippen molar-refractivity contribution in [2.75, 3.05) is 30.8 Å². The summed E-state index contributed by atoms with van der Waals surface area (Å²) in [6.07, 6.45) is 3.14. The lowest BCUT2D eigenvalue weighted by molar-refractivity contribution is -0.119. The van der Waals surface area contributed by atoms with E-state index in [1.807, 2.05) is 23.5 Å². The zero-order chi connectivity index (χ0) is 30.4. The van der Waals surface area contributed by atoms with E-state index in [0.717, 1.165) is 12.8 Å². The molecule has 4 amide bonds. The van der Waals surface area contributed by atoms with Gasteiger partial charge in [0.05, 0.1) is 30.2 Å². The van der Waals surface area contributed by atoms with Crippen LogP contribution < -0.4 is 31.3 Å². The molecule has 1 aliphatic rings. The maximum Gasteiger partial charge on any atom is 0.272 e. The minimum absolute atomic E-state index is 0.0358. The number of hydrogen-bond acceptors (Lipinski definition) is 10. The van der Waals surface area contributed by atoms with Crippen LogP contribution in [0.25, 0.3) is 10.6 Å². The Hall–Kier alpha value is -4.40. The van der Waals surface area contributed by atoms with Crippen LogP contribution in [0.2, 0.25) is 0 Å². The molecular weight excluding hydrogens is 557 g/mol. The fourth-order valence-electron chi connectivity index (χ4n) is 3.86. The molecule has 13 nitrogen and oxygen atoms in total. The molecule has 0 radical (unpaired) electrons. The van der Waals surface area contributed by atoms with E-state index in [9.17, 15) is 19.2 Å². The molecule has 0 bridgehead atoms. The Morgan fingerprint density at radius 1 is 1.05 bits per heavy atom. The third-order valence-corrected chi connectivity index (χ3v) is 6.96. The van der Waals surface area contributed by atoms with Gasteiger partial charge in [-0.3, -0.25) is 19.2 Å². The summed E-state index contributed by atoms with van der Waals surface area (Å²) in [7, 11) is 7.07. The van der Waals surface area contributed by atoms with Crippen LogP contribution in [0.15, 0.2) is 30.5 Å². The van der Waals surface area contributed by atoms with Crippen LogP contribution in [-0.4, -0.2) is 87.8 Å². The fourth-order valence-corrected chi connectivity index (χ4v) is 4.72. The number of para-hydroxylation sites is 1. The Bertz CT molecular complexity index is 1510. The van der Waals surface area contributed by atoms with Gasteiger partial charge in [0, 0.05) is 32.0 Å². The van der Waals surface area contributed by atoms with Gasteiger partial charge in [0.1, 0.15) is 33.4 Å². The molecule has 0 atom stereocenters. The highest BCUT2D eigenvalue weighted by molar-refractivity contribution is 7.17. The minimum atomic E-state index is -0.523. The van der Waals surface area contributed by atoms with Gasteiger partial charge in [0.2, 0.25) is 11.8 Å². The smallest absolute Gasteiger partial charge is 0.272 e. The van der Waals surface area contributed by atoms with Gasteiger partial charge in [-0.15, -0.1) is 21.5 Å². The van der Waals surface area contributed by atoms with Gasteiger partial charge in [-0.25, -0.2) is 4.98 Å². The number of rotatable bonds is 12. The molecule has 0 saturated heterocycles. The minimum Gasteiger partial charge on any atom is -0.494 e. The maximum absolute atomic E-state index is 13.1. The normalized spacial score (nSPS) is 12.6. The number of carbonyl (C=O) groups excluding carboxylic acids is 4. The van der Waals surface area contributed by atoms with E-state index < -0.39 is 11.1 Å². The third-order valence-electron chi connectivity index (χ3n) is 5.93. The number of amides is 4. The summed E-state index contributed by atoms with van der Waals surface area (Å²) in [5.41, 5.74) is 1.47. The lowest BCUT2D eigenvalue weighted by Gasteiger charge is -2.22. The van der Waals surface area contributed by atoms with Crippen LogP contribution in [0.3, 0.4) is 0 Å². The van der Waals surface area contributed by atoms with E-state index in [4.69, 9.17) is 4.74 Å². The summed E-state index contributed by atoms with van der Waals surface area (Å²) in [6.45, 7) is 2.01. The summed E-state index contributed by atoms with van der Waals surface area (Å²) >= 11 is 1.18. The average molecular weight is 588 g/mol. The van der Waals surface area contributed by atoms with Crippen LogP contribution in [0.5, 0.6) is 5.75 Å². The molecule has 1 aromatic carbocycles. The number of anilines is 3. The van der Waals surface area contributed by atoms with Gasteiger partial charge in [-0.2, -0.15) is 0 Å². The van der Waals surface area contributed by atoms with E-state index in [2.05, 4.69) is 41.8 Å². The molecule has 4 rings (SSSR count). The molecule has 3 aromatic rings. The van der Waals surface area contributed by atoms with Gasteiger partial charge in [-0.1, -0.05) is 6.07 Å². The lowest BCUT2D eigenvalue weighted by Crippen LogP contribution is -2.50. The van der Waals surface area contributed by atoms with E-state index >= 15 is 0 Å². The van der Waals surface area contributed by atoms with Crippen LogP contribution in [-0.2, 0) is 9.59 Å². The summed E-state index contributed by atoms with van der Waals surface area (Å²) in [4.78, 5) is 53.9. The average Bonchev–Trinajstić information content (AvgIpc) is 3.66. The molecule has 0 aliphatic heterocycles. The number of thiazole rings is 1. The van der Waals surface area contributed by atoms with Gasteiger partial charge in [0.15, 0.2) is 17.3 Å². The molecule has 216 valence electrons. The van der Waals surface area contributed by atoms with Crippen molar-refractivity contribution in [3.63, 3.8) is 0 Å². The molecule has 0 spiro atoms. The highest BCUT2D eigenvalue weighted by Crippen LogP contribution is 2.40. The number of hydrogen-bond donors (Lipinski definition) is 5. The molecule has 1 fully saturated rings. The first-order valence-corrected chi connectivity index (χ1v) is 14.2. The Labute approximate surface area is 249 Å². The third kappa shape index (κ3) is 8.09. The first kappa shape index (κ1) is 30.6. The number of methoxy groups -OCH3 is 1. The predicted molar refractivity (Wildman–Crippen MR) is 168 cm³/mol. The monoisotopic (exact) mass is 588 g/mol. The van der Waals surface area contributed by atoms with Gasteiger partial charge < -0.3 is 31.3 Å². The predicted octanol–water partition coefficient (Wildman–Crippen LogP) is -1.19. The van der Waals surface area contributed by atoms with Crippen LogP contribution in [0, 0.1) is 5.92 Å². The largest absolute Gasteiger partial charge is 0.494 e. The van der Waals surface area contributed by atoms with Crippen molar-refractivity contribution in [1.82, 2.24) is 31.1 Å². The number of carbonyl (C=O) groups is 4. The van der Waals surface area contributed by atoms with E-state index in [1.54, 1.807) is 24.3 Å². The number of ether oxygens (including phenoxy) is 1. The summed E-state index contributed by atoms with van der Waals surface area (Å²) in [6, 6.07) is 6.92. The van der Waals surface area contributed by atoms with Gasteiger partial charge in [-0.05, 0) is 30.2 Å². The molecule has 1 saturated carbocycles. The first-order valence-electron chi connectivity index (χ1n) is 13.4. The molecular formula is C25H31B3N8O5S. The Balaban J connectivity index is 1.61. The Morgan fingerprint density at radius 2 is 1.79 bits per heavy atom. The van der Waals surface area contributed by atoms with Crippen molar-refractivity contribution in [3.8, 4) is 16.3 Å². The van der Waals surface area contributed by atoms with Crippen molar-refractivity contribution in [1.29, 1.82) is 0 Å². The Morgan fingerprint density at radius 3 is 2.45 bits per heavy atom. The maximum atomic E-state index is 13.1. The van der Waals surface area contributed by atoms with Crippen LogP contribution in [0.1, 0.15) is 39.9 Å². The number of nitrogens with one attached hydrogen (secondary N) is 5. The molecule has 1 aliphatic carbocycles. The quantitative estimate of drug-likeness (QED) is 0.129. The van der Waals surface area contributed by atoms with Crippen molar-refractivity contribution >= 4 is 75.7 Å². The lowest BCUT2D eigenvalue weighted by atomic mass is 9.49. The highest BCUT2D eigenvalue weighted by Gasteiger charge is 2.30. The van der Waals surface area contributed by atoms with Crippen molar-refractivity contribution in [2.45, 2.75) is 25.0 Å². The number of nitrogens with zero attached hydrogens (tertiary/aromatic N) is 3. The zero-order valence-electron chi connectivity index (χ0n) is 24.1. The fraction of sp³-hybridized carbons (Fsp3) is 0.320. The van der Waals surface area contributed by atoms with E-state index in [0.29, 0.717) is 39.1 Å². The zero-order valence-corrected chi connectivity index (χ0v) is 24.9. The van der Waals surface area contributed by atoms with Crippen molar-refractivity contribution < 1.29 is 23.9 Å².